The molecule has 0 saturated heterocycles. The molecular weight excluding hydrogens is 319 g/mol. The lowest BCUT2D eigenvalue weighted by molar-refractivity contribution is -0.132. The number of carbonyl (C=O) groups is 1. The fourth-order valence-electron chi connectivity index (χ4n) is 3.38. The van der Waals surface area contributed by atoms with Crippen molar-refractivity contribution >= 4 is 23.7 Å². The highest BCUT2D eigenvalue weighted by Gasteiger charge is 2.35. The Balaban J connectivity index is 2.29. The average Bonchev–Trinajstić information content (AvgIpc) is 2.89. The summed E-state index contributed by atoms with van der Waals surface area (Å²) in [7, 11) is -3.14. The summed E-state index contributed by atoms with van der Waals surface area (Å²) < 4.78 is 14.3. The first-order valence-corrected chi connectivity index (χ1v) is 10.0. The molecule has 0 bridgehead atoms. The van der Waals surface area contributed by atoms with Crippen LogP contribution in [0.3, 0.4) is 0 Å². The normalized spacial score (nSPS) is 15.8. The van der Waals surface area contributed by atoms with Crippen LogP contribution in [0.5, 0.6) is 0 Å². The Morgan fingerprint density at radius 2 is 1.29 bits per heavy atom. The molecule has 3 rings (SSSR count). The van der Waals surface area contributed by atoms with Gasteiger partial charge >= 0.3 is 5.97 Å². The van der Waals surface area contributed by atoms with E-state index in [0.29, 0.717) is 34.3 Å². The molecule has 1 N–H and O–H groups in total. The van der Waals surface area contributed by atoms with Gasteiger partial charge in [0.25, 0.3) is 0 Å². The van der Waals surface area contributed by atoms with Crippen molar-refractivity contribution in [2.75, 3.05) is 0 Å². The molecule has 0 radical (unpaired) electrons. The predicted octanol–water partition coefficient (Wildman–Crippen LogP) is 4.30. The van der Waals surface area contributed by atoms with Crippen LogP contribution in [-0.4, -0.2) is 11.1 Å². The SMILES string of the molecule is O=C(O)C1=C(P(=O)(c2ccccc2)c2ccccc2)CCCCC1. The van der Waals surface area contributed by atoms with Crippen LogP contribution in [0.1, 0.15) is 32.1 Å². The van der Waals surface area contributed by atoms with Gasteiger partial charge in [0.1, 0.15) is 0 Å². The van der Waals surface area contributed by atoms with Gasteiger partial charge in [-0.15, -0.1) is 0 Å². The molecule has 0 fully saturated rings. The van der Waals surface area contributed by atoms with E-state index >= 15 is 0 Å². The number of rotatable bonds is 4. The second-order valence-electron chi connectivity index (χ2n) is 6.07. The van der Waals surface area contributed by atoms with Crippen LogP contribution in [0.4, 0.5) is 0 Å². The summed E-state index contributed by atoms with van der Waals surface area (Å²) >= 11 is 0. The first-order valence-electron chi connectivity index (χ1n) is 8.31. The van der Waals surface area contributed by atoms with E-state index in [9.17, 15) is 14.5 Å². The van der Waals surface area contributed by atoms with Crippen molar-refractivity contribution in [1.29, 1.82) is 0 Å². The van der Waals surface area contributed by atoms with Gasteiger partial charge in [-0.05, 0) is 25.7 Å². The zero-order valence-corrected chi connectivity index (χ0v) is 14.4. The van der Waals surface area contributed by atoms with Gasteiger partial charge < -0.3 is 9.67 Å². The highest BCUT2D eigenvalue weighted by molar-refractivity contribution is 7.82. The Bertz CT molecular complexity index is 751. The van der Waals surface area contributed by atoms with E-state index in [1.807, 2.05) is 60.7 Å². The van der Waals surface area contributed by atoms with Crippen molar-refractivity contribution in [2.45, 2.75) is 32.1 Å². The van der Waals surface area contributed by atoms with E-state index in [0.717, 1.165) is 19.3 Å². The van der Waals surface area contributed by atoms with Gasteiger partial charge in [-0.25, -0.2) is 4.79 Å². The zero-order valence-electron chi connectivity index (χ0n) is 13.5. The van der Waals surface area contributed by atoms with E-state index < -0.39 is 13.1 Å². The van der Waals surface area contributed by atoms with Gasteiger partial charge in [-0.2, -0.15) is 0 Å². The Morgan fingerprint density at radius 1 is 0.792 bits per heavy atom. The lowest BCUT2D eigenvalue weighted by Gasteiger charge is -2.24. The van der Waals surface area contributed by atoms with Crippen LogP contribution in [0.15, 0.2) is 71.6 Å². The lowest BCUT2D eigenvalue weighted by Crippen LogP contribution is -2.19. The minimum atomic E-state index is -3.14. The van der Waals surface area contributed by atoms with Crippen molar-refractivity contribution in [3.63, 3.8) is 0 Å². The number of hydrogen-bond acceptors (Lipinski definition) is 2. The molecule has 24 heavy (non-hydrogen) atoms. The number of benzene rings is 2. The number of aliphatic carboxylic acids is 1. The first-order chi connectivity index (χ1) is 11.6. The van der Waals surface area contributed by atoms with E-state index in [4.69, 9.17) is 0 Å². The molecule has 0 atom stereocenters. The minimum absolute atomic E-state index is 0.350. The van der Waals surface area contributed by atoms with Crippen molar-refractivity contribution in [3.8, 4) is 0 Å². The predicted molar refractivity (Wildman–Crippen MR) is 97.5 cm³/mol. The van der Waals surface area contributed by atoms with Crippen molar-refractivity contribution in [2.24, 2.45) is 0 Å². The molecule has 124 valence electrons. The maximum atomic E-state index is 14.3. The van der Waals surface area contributed by atoms with E-state index in [2.05, 4.69) is 0 Å². The molecule has 0 heterocycles. The first kappa shape index (κ1) is 16.7. The number of carboxylic acid groups (broad SMARTS) is 1. The van der Waals surface area contributed by atoms with Gasteiger partial charge in [-0.1, -0.05) is 67.1 Å². The van der Waals surface area contributed by atoms with Crippen molar-refractivity contribution in [1.82, 2.24) is 0 Å². The zero-order chi connectivity index (χ0) is 17.0. The lowest BCUT2D eigenvalue weighted by atomic mass is 10.1. The molecule has 2 aromatic carbocycles. The third-order valence-electron chi connectivity index (χ3n) is 4.57. The standard InChI is InChI=1S/C20H21O3P/c21-20(22)18-14-8-3-9-15-19(18)24(23,16-10-4-1-5-11-16)17-12-6-2-7-13-17/h1-2,4-7,10-13H,3,8-9,14-15H2,(H,21,22). The molecule has 0 aliphatic heterocycles. The fraction of sp³-hybridized carbons (Fsp3) is 0.250. The van der Waals surface area contributed by atoms with Crippen LogP contribution in [0, 0.1) is 0 Å². The molecule has 1 aliphatic carbocycles. The summed E-state index contributed by atoms with van der Waals surface area (Å²) in [6.07, 6.45) is 3.78. The van der Waals surface area contributed by atoms with Gasteiger partial charge in [-0.3, -0.25) is 0 Å². The highest BCUT2D eigenvalue weighted by Crippen LogP contribution is 2.56. The molecule has 0 spiro atoms. The topological polar surface area (TPSA) is 54.4 Å². The molecule has 0 amide bonds. The summed E-state index contributed by atoms with van der Waals surface area (Å²) in [5.41, 5.74) is 0.350. The number of allylic oxidation sites excluding steroid dienone is 1. The number of hydrogen-bond donors (Lipinski definition) is 1. The molecule has 2 aromatic rings. The molecular formula is C20H21O3P. The Morgan fingerprint density at radius 3 is 1.79 bits per heavy atom. The average molecular weight is 340 g/mol. The van der Waals surface area contributed by atoms with Gasteiger partial charge in [0.2, 0.25) is 0 Å². The van der Waals surface area contributed by atoms with E-state index in [1.54, 1.807) is 0 Å². The monoisotopic (exact) mass is 340 g/mol. The number of carboxylic acids is 1. The minimum Gasteiger partial charge on any atom is -0.478 e. The second-order valence-corrected chi connectivity index (χ2v) is 8.86. The second kappa shape index (κ2) is 7.19. The van der Waals surface area contributed by atoms with Gasteiger partial charge in [0, 0.05) is 21.5 Å². The largest absolute Gasteiger partial charge is 0.478 e. The summed E-state index contributed by atoms with van der Waals surface area (Å²) in [5, 5.41) is 11.8. The molecule has 4 heteroatoms. The molecule has 1 aliphatic rings. The van der Waals surface area contributed by atoms with Crippen molar-refractivity contribution < 1.29 is 14.5 Å². The molecule has 0 saturated carbocycles. The summed E-state index contributed by atoms with van der Waals surface area (Å²) in [6, 6.07) is 18.6. The molecule has 3 nitrogen and oxygen atoms in total. The fourth-order valence-corrected chi connectivity index (χ4v) is 6.55. The maximum absolute atomic E-state index is 14.3. The Kier molecular flexibility index (Phi) is 5.01. The summed E-state index contributed by atoms with van der Waals surface area (Å²) in [6.45, 7) is 0. The highest BCUT2D eigenvalue weighted by atomic mass is 31.2. The van der Waals surface area contributed by atoms with Crippen LogP contribution >= 0.6 is 7.14 Å². The van der Waals surface area contributed by atoms with Crippen molar-refractivity contribution in [3.05, 3.63) is 71.6 Å². The van der Waals surface area contributed by atoms with Crippen LogP contribution in [-0.2, 0) is 9.36 Å². The van der Waals surface area contributed by atoms with Crippen LogP contribution < -0.4 is 10.6 Å². The molecule has 0 unspecified atom stereocenters. The third kappa shape index (κ3) is 3.09. The van der Waals surface area contributed by atoms with E-state index in [-0.39, 0.29) is 0 Å². The van der Waals surface area contributed by atoms with E-state index in [1.165, 1.54) is 0 Å². The quantitative estimate of drug-likeness (QED) is 0.844. The smallest absolute Gasteiger partial charge is 0.332 e. The third-order valence-corrected chi connectivity index (χ3v) is 7.87. The summed E-state index contributed by atoms with van der Waals surface area (Å²) in [5.74, 6) is -0.931. The van der Waals surface area contributed by atoms with Gasteiger partial charge in [0.15, 0.2) is 7.14 Å². The Labute approximate surface area is 142 Å². The van der Waals surface area contributed by atoms with Crippen LogP contribution in [0.2, 0.25) is 0 Å². The van der Waals surface area contributed by atoms with Gasteiger partial charge in [0.05, 0.1) is 0 Å². The maximum Gasteiger partial charge on any atom is 0.332 e. The van der Waals surface area contributed by atoms with Crippen LogP contribution in [0.25, 0.3) is 0 Å². The Hall–Kier alpha value is -2.12. The molecule has 0 aromatic heterocycles. The summed E-state index contributed by atoms with van der Waals surface area (Å²) in [4.78, 5) is 11.8.